The number of amides is 1. The van der Waals surface area contributed by atoms with Crippen LogP contribution in [0.3, 0.4) is 0 Å². The first-order chi connectivity index (χ1) is 13.6. The number of aryl methyl sites for hydroxylation is 1. The van der Waals surface area contributed by atoms with Crippen molar-refractivity contribution >= 4 is 42.5 Å². The van der Waals surface area contributed by atoms with E-state index < -0.39 is 0 Å². The van der Waals surface area contributed by atoms with E-state index in [1.807, 2.05) is 31.2 Å². The van der Waals surface area contributed by atoms with Gasteiger partial charge in [0.1, 0.15) is 5.82 Å². The molecule has 0 spiro atoms. The normalized spacial score (nSPS) is 13.9. The molecule has 0 aliphatic carbocycles. The highest BCUT2D eigenvalue weighted by Gasteiger charge is 2.27. The molecule has 1 fully saturated rings. The second-order valence-corrected chi connectivity index (χ2v) is 7.15. The Morgan fingerprint density at radius 2 is 1.90 bits per heavy atom. The number of hydrogen-bond donors (Lipinski definition) is 1. The summed E-state index contributed by atoms with van der Waals surface area (Å²) in [5.41, 5.74) is 1.50. The molecule has 0 saturated carbocycles. The molecular weight excluding hydrogens is 449 g/mol. The van der Waals surface area contributed by atoms with E-state index in [0.717, 1.165) is 24.2 Å². The Morgan fingerprint density at radius 3 is 2.60 bits per heavy atom. The van der Waals surface area contributed by atoms with Crippen molar-refractivity contribution in [2.45, 2.75) is 25.7 Å². The van der Waals surface area contributed by atoms with Gasteiger partial charge in [-0.1, -0.05) is 23.7 Å². The molecule has 3 aromatic rings. The molecule has 160 valence electrons. The molecule has 0 unspecified atom stereocenters. The van der Waals surface area contributed by atoms with E-state index in [1.165, 1.54) is 0 Å². The molecule has 7 nitrogen and oxygen atoms in total. The van der Waals surface area contributed by atoms with Gasteiger partial charge in [0.15, 0.2) is 11.6 Å². The second-order valence-electron chi connectivity index (χ2n) is 6.74. The third-order valence-electron chi connectivity index (χ3n) is 4.91. The Hall–Kier alpha value is -2.35. The lowest BCUT2D eigenvalue weighted by molar-refractivity contribution is 0.137. The fourth-order valence-electron chi connectivity index (χ4n) is 3.29. The van der Waals surface area contributed by atoms with Crippen LogP contribution in [0.2, 0.25) is 5.02 Å². The monoisotopic (exact) mass is 469 g/mol. The van der Waals surface area contributed by atoms with Gasteiger partial charge in [-0.15, -0.1) is 24.8 Å². The highest BCUT2D eigenvalue weighted by molar-refractivity contribution is 6.33. The number of ether oxygens (including phenoxy) is 1. The molecule has 1 aliphatic heterocycles. The van der Waals surface area contributed by atoms with Crippen molar-refractivity contribution in [2.75, 3.05) is 13.1 Å². The molecule has 1 amide bonds. The molecule has 4 rings (SSSR count). The number of rotatable bonds is 3. The van der Waals surface area contributed by atoms with Crippen molar-refractivity contribution in [3.8, 4) is 17.1 Å². The minimum Gasteiger partial charge on any atom is -0.408 e. The third-order valence-corrected chi connectivity index (χ3v) is 5.24. The summed E-state index contributed by atoms with van der Waals surface area (Å²) in [5.74, 6) is 2.13. The molecule has 1 saturated heterocycles. The average molecular weight is 471 g/mol. The Balaban J connectivity index is 0.00000160. The summed E-state index contributed by atoms with van der Waals surface area (Å²) in [6.07, 6.45) is 2.91. The van der Waals surface area contributed by atoms with E-state index in [4.69, 9.17) is 16.3 Å². The third kappa shape index (κ3) is 5.22. The van der Waals surface area contributed by atoms with Crippen LogP contribution in [0.25, 0.3) is 11.4 Å². The molecule has 0 radical (unpaired) electrons. The number of carbonyl (C=O) groups is 1. The smallest absolute Gasteiger partial charge is 0.408 e. The van der Waals surface area contributed by atoms with E-state index in [-0.39, 0.29) is 36.8 Å². The number of nitrogens with zero attached hydrogens (tertiary/aromatic N) is 4. The number of likely N-dealkylation sites (tertiary alicyclic amines) is 1. The topological polar surface area (TPSA) is 84.0 Å². The highest BCUT2D eigenvalue weighted by Crippen LogP contribution is 2.29. The van der Waals surface area contributed by atoms with E-state index in [2.05, 4.69) is 20.2 Å². The number of nitrogens with one attached hydrogen (secondary N) is 1. The number of carbonyl (C=O) groups excluding carboxylic acids is 1. The standard InChI is InChI=1S/C20H20ClN5O2.2ClH/c1-13-17(7-4-10-22-13)28-20(27)26-11-8-14(9-12-26)18-23-19(25-24-18)15-5-2-3-6-16(15)21;;/h2-7,10,14H,8-9,11-12H2,1H3,(H,23,24,25);2*1H. The maximum atomic E-state index is 12.4. The fraction of sp³-hybridized carbons (Fsp3) is 0.300. The molecule has 1 aliphatic rings. The van der Waals surface area contributed by atoms with Gasteiger partial charge >= 0.3 is 6.09 Å². The molecule has 1 N–H and O–H groups in total. The molecule has 10 heteroatoms. The van der Waals surface area contributed by atoms with Gasteiger partial charge in [-0.3, -0.25) is 10.1 Å². The molecular formula is C20H22Cl3N5O2. The van der Waals surface area contributed by atoms with Gasteiger partial charge in [-0.05, 0) is 44.0 Å². The summed E-state index contributed by atoms with van der Waals surface area (Å²) in [5, 5.41) is 7.96. The Bertz CT molecular complexity index is 990. The fourth-order valence-corrected chi connectivity index (χ4v) is 3.51. The van der Waals surface area contributed by atoms with E-state index in [9.17, 15) is 4.79 Å². The van der Waals surface area contributed by atoms with Crippen LogP contribution in [0, 0.1) is 6.92 Å². The SMILES string of the molecule is Cc1ncccc1OC(=O)N1CCC(c2nc(-c3ccccc3Cl)n[nH]2)CC1.Cl.Cl. The van der Waals surface area contributed by atoms with E-state index >= 15 is 0 Å². The Morgan fingerprint density at radius 1 is 1.17 bits per heavy atom. The van der Waals surface area contributed by atoms with Crippen molar-refractivity contribution in [1.29, 1.82) is 0 Å². The predicted octanol–water partition coefficient (Wildman–Crippen LogP) is 5.05. The van der Waals surface area contributed by atoms with Crippen molar-refractivity contribution < 1.29 is 9.53 Å². The van der Waals surface area contributed by atoms with Gasteiger partial charge in [0, 0.05) is 30.8 Å². The average Bonchev–Trinajstić information content (AvgIpc) is 3.20. The first-order valence-electron chi connectivity index (χ1n) is 9.17. The highest BCUT2D eigenvalue weighted by atomic mass is 35.5. The summed E-state index contributed by atoms with van der Waals surface area (Å²) in [4.78, 5) is 22.9. The number of piperidine rings is 1. The summed E-state index contributed by atoms with van der Waals surface area (Å²) >= 11 is 6.23. The number of pyridine rings is 1. The van der Waals surface area contributed by atoms with Crippen molar-refractivity contribution in [1.82, 2.24) is 25.1 Å². The maximum Gasteiger partial charge on any atom is 0.415 e. The zero-order valence-corrected chi connectivity index (χ0v) is 18.6. The number of halogens is 3. The summed E-state index contributed by atoms with van der Waals surface area (Å²) < 4.78 is 5.47. The van der Waals surface area contributed by atoms with Crippen molar-refractivity contribution in [3.05, 3.63) is 59.1 Å². The number of hydrogen-bond acceptors (Lipinski definition) is 5. The number of H-pyrrole nitrogens is 1. The van der Waals surface area contributed by atoms with Gasteiger partial charge in [-0.2, -0.15) is 5.10 Å². The summed E-state index contributed by atoms with van der Waals surface area (Å²) in [7, 11) is 0. The minimum atomic E-state index is -0.344. The summed E-state index contributed by atoms with van der Waals surface area (Å²) in [6.45, 7) is 3.02. The van der Waals surface area contributed by atoms with Gasteiger partial charge in [0.2, 0.25) is 0 Å². The molecule has 0 atom stereocenters. The molecule has 30 heavy (non-hydrogen) atoms. The number of benzene rings is 1. The second kappa shape index (κ2) is 10.6. The zero-order chi connectivity index (χ0) is 19.5. The van der Waals surface area contributed by atoms with E-state index in [1.54, 1.807) is 23.2 Å². The van der Waals surface area contributed by atoms with Crippen LogP contribution in [0.5, 0.6) is 5.75 Å². The number of aromatic amines is 1. The van der Waals surface area contributed by atoms with Crippen LogP contribution in [0.4, 0.5) is 4.79 Å². The van der Waals surface area contributed by atoms with Crippen molar-refractivity contribution in [3.63, 3.8) is 0 Å². The van der Waals surface area contributed by atoms with Gasteiger partial charge in [-0.25, -0.2) is 9.78 Å². The largest absolute Gasteiger partial charge is 0.415 e. The van der Waals surface area contributed by atoms with Gasteiger partial charge in [0.25, 0.3) is 0 Å². The van der Waals surface area contributed by atoms with Crippen LogP contribution < -0.4 is 4.74 Å². The lowest BCUT2D eigenvalue weighted by Crippen LogP contribution is -2.39. The predicted molar refractivity (Wildman–Crippen MR) is 120 cm³/mol. The van der Waals surface area contributed by atoms with Crippen LogP contribution in [0.1, 0.15) is 30.3 Å². The lowest BCUT2D eigenvalue weighted by atomic mass is 9.96. The first kappa shape index (κ1) is 23.9. The molecule has 1 aromatic carbocycles. The Kier molecular flexibility index (Phi) is 8.46. The van der Waals surface area contributed by atoms with Gasteiger partial charge < -0.3 is 9.64 Å². The summed E-state index contributed by atoms with van der Waals surface area (Å²) in [6, 6.07) is 11.0. The number of aromatic nitrogens is 4. The minimum absolute atomic E-state index is 0. The molecule has 0 bridgehead atoms. The van der Waals surface area contributed by atoms with Crippen LogP contribution in [-0.2, 0) is 0 Å². The van der Waals surface area contributed by atoms with Gasteiger partial charge in [0.05, 0.1) is 10.7 Å². The van der Waals surface area contributed by atoms with Crippen LogP contribution in [-0.4, -0.2) is 44.2 Å². The lowest BCUT2D eigenvalue weighted by Gasteiger charge is -2.30. The van der Waals surface area contributed by atoms with Crippen LogP contribution in [0.15, 0.2) is 42.6 Å². The molecule has 3 heterocycles. The quantitative estimate of drug-likeness (QED) is 0.579. The Labute approximate surface area is 192 Å². The first-order valence-corrected chi connectivity index (χ1v) is 9.55. The molecule has 2 aromatic heterocycles. The zero-order valence-electron chi connectivity index (χ0n) is 16.2. The van der Waals surface area contributed by atoms with Crippen molar-refractivity contribution in [2.24, 2.45) is 0 Å². The van der Waals surface area contributed by atoms with Crippen LogP contribution >= 0.6 is 36.4 Å². The maximum absolute atomic E-state index is 12.4. The van der Waals surface area contributed by atoms with E-state index in [0.29, 0.717) is 35.4 Å².